The highest BCUT2D eigenvalue weighted by atomic mass is 35.5. The summed E-state index contributed by atoms with van der Waals surface area (Å²) in [6, 6.07) is 7.41. The first kappa shape index (κ1) is 13.9. The first-order chi connectivity index (χ1) is 9.08. The van der Waals surface area contributed by atoms with Crippen molar-refractivity contribution in [1.82, 2.24) is 14.8 Å². The second kappa shape index (κ2) is 6.08. The Morgan fingerprint density at radius 1 is 1.37 bits per heavy atom. The van der Waals surface area contributed by atoms with E-state index in [9.17, 15) is 4.79 Å². The number of halogens is 1. The fourth-order valence-corrected chi connectivity index (χ4v) is 2.52. The van der Waals surface area contributed by atoms with Gasteiger partial charge in [0.05, 0.1) is 0 Å². The fourth-order valence-electron chi connectivity index (χ4n) is 1.53. The van der Waals surface area contributed by atoms with Gasteiger partial charge >= 0.3 is 0 Å². The van der Waals surface area contributed by atoms with Crippen LogP contribution in [0.3, 0.4) is 0 Å². The molecule has 0 saturated heterocycles. The molecule has 19 heavy (non-hydrogen) atoms. The zero-order valence-electron chi connectivity index (χ0n) is 10.3. The van der Waals surface area contributed by atoms with E-state index in [4.69, 9.17) is 17.3 Å². The van der Waals surface area contributed by atoms with Crippen LogP contribution in [0.25, 0.3) is 11.4 Å². The number of hydrogen-bond acceptors (Lipinski definition) is 4. The lowest BCUT2D eigenvalue weighted by Gasteiger charge is -2.03. The largest absolute Gasteiger partial charge is 0.370 e. The van der Waals surface area contributed by atoms with Crippen molar-refractivity contribution in [3.8, 4) is 11.4 Å². The van der Waals surface area contributed by atoms with E-state index in [1.54, 1.807) is 0 Å². The number of rotatable bonds is 5. The number of nitrogens with zero attached hydrogens (tertiary/aromatic N) is 3. The van der Waals surface area contributed by atoms with Gasteiger partial charge in [0.2, 0.25) is 5.91 Å². The number of nitrogens with two attached hydrogens (primary N) is 1. The molecule has 2 rings (SSSR count). The molecule has 0 aliphatic carbocycles. The van der Waals surface area contributed by atoms with Gasteiger partial charge in [-0.05, 0) is 24.3 Å². The maximum absolute atomic E-state index is 10.7. The summed E-state index contributed by atoms with van der Waals surface area (Å²) in [5.41, 5.74) is 6.04. The minimum atomic E-state index is -0.312. The summed E-state index contributed by atoms with van der Waals surface area (Å²) in [5, 5.41) is 9.69. The molecule has 0 fully saturated rings. The fraction of sp³-hybridized carbons (Fsp3) is 0.250. The van der Waals surface area contributed by atoms with Crippen LogP contribution in [0.4, 0.5) is 0 Å². The molecule has 0 aliphatic heterocycles. The van der Waals surface area contributed by atoms with E-state index in [0.29, 0.717) is 17.2 Å². The normalized spacial score (nSPS) is 10.6. The van der Waals surface area contributed by atoms with Gasteiger partial charge < -0.3 is 10.3 Å². The Morgan fingerprint density at radius 2 is 2.05 bits per heavy atom. The number of hydrogen-bond donors (Lipinski definition) is 1. The van der Waals surface area contributed by atoms with Gasteiger partial charge in [-0.1, -0.05) is 23.4 Å². The van der Waals surface area contributed by atoms with Crippen molar-refractivity contribution in [2.75, 3.05) is 5.75 Å². The van der Waals surface area contributed by atoms with Crippen molar-refractivity contribution < 1.29 is 4.79 Å². The molecule has 2 N–H and O–H groups in total. The number of amides is 1. The van der Waals surface area contributed by atoms with Crippen LogP contribution in [0.5, 0.6) is 0 Å². The standard InChI is InChI=1S/C12H13ClN4OS/c1-17-11(8-2-4-9(13)5-3-8)15-16-12(17)19-7-6-10(14)18/h2-5H,6-7H2,1H3,(H2,14,18). The SMILES string of the molecule is Cn1c(SCCC(N)=O)nnc1-c1ccc(Cl)cc1. The van der Waals surface area contributed by atoms with Crippen LogP contribution < -0.4 is 5.73 Å². The van der Waals surface area contributed by atoms with Crippen molar-refractivity contribution in [3.05, 3.63) is 29.3 Å². The molecule has 0 saturated carbocycles. The summed E-state index contributed by atoms with van der Waals surface area (Å²) in [6.45, 7) is 0. The highest BCUT2D eigenvalue weighted by molar-refractivity contribution is 7.99. The predicted molar refractivity (Wildman–Crippen MR) is 76.0 cm³/mol. The number of primary amides is 1. The van der Waals surface area contributed by atoms with E-state index in [2.05, 4.69) is 10.2 Å². The summed E-state index contributed by atoms with van der Waals surface area (Å²) >= 11 is 7.31. The Labute approximate surface area is 120 Å². The van der Waals surface area contributed by atoms with Crippen molar-refractivity contribution >= 4 is 29.3 Å². The number of benzene rings is 1. The molecule has 1 heterocycles. The molecule has 5 nitrogen and oxygen atoms in total. The van der Waals surface area contributed by atoms with Gasteiger partial charge in [-0.3, -0.25) is 4.79 Å². The van der Waals surface area contributed by atoms with Crippen LogP contribution in [0.2, 0.25) is 5.02 Å². The molecule has 7 heteroatoms. The maximum atomic E-state index is 10.7. The third-order valence-electron chi connectivity index (χ3n) is 2.52. The zero-order valence-corrected chi connectivity index (χ0v) is 11.9. The second-order valence-corrected chi connectivity index (χ2v) is 5.44. The van der Waals surface area contributed by atoms with Crippen molar-refractivity contribution in [2.24, 2.45) is 12.8 Å². The van der Waals surface area contributed by atoms with Gasteiger partial charge in [0.25, 0.3) is 0 Å². The third kappa shape index (κ3) is 3.48. The Bertz CT molecular complexity index is 582. The van der Waals surface area contributed by atoms with Gasteiger partial charge in [-0.2, -0.15) is 0 Å². The van der Waals surface area contributed by atoms with Crippen LogP contribution in [0.15, 0.2) is 29.4 Å². The number of carbonyl (C=O) groups is 1. The van der Waals surface area contributed by atoms with Crippen LogP contribution in [0.1, 0.15) is 6.42 Å². The summed E-state index contributed by atoms with van der Waals surface area (Å²) in [4.78, 5) is 10.7. The van der Waals surface area contributed by atoms with Gasteiger partial charge in [-0.15, -0.1) is 10.2 Å². The average molecular weight is 297 g/mol. The third-order valence-corrected chi connectivity index (χ3v) is 3.79. The van der Waals surface area contributed by atoms with E-state index in [0.717, 1.165) is 16.5 Å². The molecule has 2 aromatic rings. The summed E-state index contributed by atoms with van der Waals surface area (Å²) in [7, 11) is 1.89. The maximum Gasteiger partial charge on any atom is 0.218 e. The first-order valence-corrected chi connectivity index (χ1v) is 7.00. The summed E-state index contributed by atoms with van der Waals surface area (Å²) < 4.78 is 1.88. The van der Waals surface area contributed by atoms with Gasteiger partial charge in [0, 0.05) is 29.8 Å². The topological polar surface area (TPSA) is 73.8 Å². The zero-order chi connectivity index (χ0) is 13.8. The van der Waals surface area contributed by atoms with Crippen LogP contribution in [0, 0.1) is 0 Å². The van der Waals surface area contributed by atoms with Crippen LogP contribution in [-0.2, 0) is 11.8 Å². The smallest absolute Gasteiger partial charge is 0.218 e. The number of thioether (sulfide) groups is 1. The molecule has 100 valence electrons. The summed E-state index contributed by atoms with van der Waals surface area (Å²) in [6.07, 6.45) is 0.327. The quantitative estimate of drug-likeness (QED) is 0.858. The molecular weight excluding hydrogens is 284 g/mol. The lowest BCUT2D eigenvalue weighted by atomic mass is 10.2. The van der Waals surface area contributed by atoms with E-state index in [-0.39, 0.29) is 5.91 Å². The monoisotopic (exact) mass is 296 g/mol. The minimum Gasteiger partial charge on any atom is -0.370 e. The van der Waals surface area contributed by atoms with Crippen LogP contribution in [-0.4, -0.2) is 26.4 Å². The predicted octanol–water partition coefficient (Wildman–Crippen LogP) is 2.10. The molecule has 0 radical (unpaired) electrons. The highest BCUT2D eigenvalue weighted by Crippen LogP contribution is 2.24. The first-order valence-electron chi connectivity index (χ1n) is 5.64. The molecule has 0 aliphatic rings. The Kier molecular flexibility index (Phi) is 4.44. The molecule has 0 atom stereocenters. The molecule has 0 spiro atoms. The lowest BCUT2D eigenvalue weighted by molar-refractivity contribution is -0.117. The Balaban J connectivity index is 2.13. The Morgan fingerprint density at radius 3 is 2.68 bits per heavy atom. The van der Waals surface area contributed by atoms with E-state index in [1.807, 2.05) is 35.9 Å². The van der Waals surface area contributed by atoms with Crippen molar-refractivity contribution in [2.45, 2.75) is 11.6 Å². The summed E-state index contributed by atoms with van der Waals surface area (Å²) in [5.74, 6) is 1.05. The van der Waals surface area contributed by atoms with Gasteiger partial charge in [-0.25, -0.2) is 0 Å². The molecule has 1 aromatic heterocycles. The van der Waals surface area contributed by atoms with Gasteiger partial charge in [0.1, 0.15) is 0 Å². The number of aromatic nitrogens is 3. The number of carbonyl (C=O) groups excluding carboxylic acids is 1. The van der Waals surface area contributed by atoms with Gasteiger partial charge in [0.15, 0.2) is 11.0 Å². The van der Waals surface area contributed by atoms with E-state index >= 15 is 0 Å². The average Bonchev–Trinajstić information content (AvgIpc) is 2.72. The molecule has 1 aromatic carbocycles. The van der Waals surface area contributed by atoms with Crippen LogP contribution >= 0.6 is 23.4 Å². The van der Waals surface area contributed by atoms with E-state index < -0.39 is 0 Å². The Hall–Kier alpha value is -1.53. The van der Waals surface area contributed by atoms with E-state index in [1.165, 1.54) is 11.8 Å². The molecular formula is C12H13ClN4OS. The molecule has 1 amide bonds. The lowest BCUT2D eigenvalue weighted by Crippen LogP contribution is -2.11. The molecule has 0 unspecified atom stereocenters. The minimum absolute atomic E-state index is 0.312. The molecule has 0 bridgehead atoms. The van der Waals surface area contributed by atoms with Crippen molar-refractivity contribution in [3.63, 3.8) is 0 Å². The second-order valence-electron chi connectivity index (χ2n) is 3.94. The highest BCUT2D eigenvalue weighted by Gasteiger charge is 2.11. The van der Waals surface area contributed by atoms with Crippen molar-refractivity contribution in [1.29, 1.82) is 0 Å².